The molecule has 0 aliphatic carbocycles. The molecule has 6 nitrogen and oxygen atoms in total. The van der Waals surface area contributed by atoms with Gasteiger partial charge >= 0.3 is 0 Å². The molecule has 0 bridgehead atoms. The normalized spacial score (nSPS) is 11.2. The molecule has 0 fully saturated rings. The summed E-state index contributed by atoms with van der Waals surface area (Å²) in [4.78, 5) is 21.4. The van der Waals surface area contributed by atoms with Gasteiger partial charge in [0, 0.05) is 17.1 Å². The zero-order valence-corrected chi connectivity index (χ0v) is 16.1. The van der Waals surface area contributed by atoms with Gasteiger partial charge in [0.1, 0.15) is 0 Å². The monoisotopic (exact) mass is 428 g/mol. The van der Waals surface area contributed by atoms with Gasteiger partial charge in [-0.05, 0) is 36.4 Å². The largest absolute Gasteiger partial charge is 0.338 e. The summed E-state index contributed by atoms with van der Waals surface area (Å²) in [6.07, 6.45) is 0. The van der Waals surface area contributed by atoms with Gasteiger partial charge in [-0.1, -0.05) is 45.0 Å². The number of fused-ring (bicyclic) bond motifs is 1. The summed E-state index contributed by atoms with van der Waals surface area (Å²) in [7, 11) is 1.71. The second kappa shape index (κ2) is 7.05. The van der Waals surface area contributed by atoms with E-state index < -0.39 is 0 Å². The number of thioether (sulfide) groups is 1. The first kappa shape index (κ1) is 17.0. The number of hydrogen-bond donors (Lipinski definition) is 0. The summed E-state index contributed by atoms with van der Waals surface area (Å²) in [5.41, 5.74) is 1.49. The van der Waals surface area contributed by atoms with Gasteiger partial charge in [0.15, 0.2) is 5.16 Å². The highest BCUT2D eigenvalue weighted by Gasteiger charge is 2.12. The van der Waals surface area contributed by atoms with Crippen LogP contribution in [0, 0.1) is 0 Å². The van der Waals surface area contributed by atoms with E-state index in [1.165, 1.54) is 11.8 Å². The Balaban J connectivity index is 1.56. The molecule has 2 aromatic carbocycles. The van der Waals surface area contributed by atoms with Crippen LogP contribution in [0.4, 0.5) is 0 Å². The van der Waals surface area contributed by atoms with Gasteiger partial charge in [-0.2, -0.15) is 4.98 Å². The van der Waals surface area contributed by atoms with Crippen LogP contribution in [-0.4, -0.2) is 19.7 Å². The van der Waals surface area contributed by atoms with Crippen LogP contribution >= 0.6 is 27.7 Å². The van der Waals surface area contributed by atoms with Crippen molar-refractivity contribution in [3.63, 3.8) is 0 Å². The van der Waals surface area contributed by atoms with Crippen LogP contribution < -0.4 is 5.56 Å². The Bertz CT molecular complexity index is 1140. The molecule has 0 aliphatic rings. The molecule has 0 amide bonds. The second-order valence-corrected chi connectivity index (χ2v) is 7.44. The first-order valence-electron chi connectivity index (χ1n) is 7.79. The van der Waals surface area contributed by atoms with Crippen LogP contribution in [0.25, 0.3) is 22.3 Å². The number of benzene rings is 2. The lowest BCUT2D eigenvalue weighted by molar-refractivity contribution is 0.391. The standard InChI is InChI=1S/C18H13BrN4O2S/c1-23-17(24)13-4-2-3-5-14(13)20-18(23)26-10-15-21-16(22-25-15)11-6-8-12(19)9-7-11/h2-9H,10H2,1H3. The van der Waals surface area contributed by atoms with Crippen molar-refractivity contribution in [2.75, 3.05) is 0 Å². The average Bonchev–Trinajstić information content (AvgIpc) is 3.13. The zero-order chi connectivity index (χ0) is 18.1. The zero-order valence-electron chi connectivity index (χ0n) is 13.7. The molecule has 0 saturated carbocycles. The third-order valence-electron chi connectivity index (χ3n) is 3.84. The average molecular weight is 429 g/mol. The highest BCUT2D eigenvalue weighted by molar-refractivity contribution is 9.10. The SMILES string of the molecule is Cn1c(SCc2nc(-c3ccc(Br)cc3)no2)nc2ccccc2c1=O. The third-order valence-corrected chi connectivity index (χ3v) is 5.38. The van der Waals surface area contributed by atoms with Crippen molar-refractivity contribution in [1.29, 1.82) is 0 Å². The van der Waals surface area contributed by atoms with Crippen molar-refractivity contribution >= 4 is 38.6 Å². The summed E-state index contributed by atoms with van der Waals surface area (Å²) in [6, 6.07) is 15.0. The number of nitrogens with zero attached hydrogens (tertiary/aromatic N) is 4. The number of hydrogen-bond acceptors (Lipinski definition) is 6. The van der Waals surface area contributed by atoms with E-state index in [-0.39, 0.29) is 5.56 Å². The summed E-state index contributed by atoms with van der Waals surface area (Å²) in [5, 5.41) is 5.23. The Labute approximate surface area is 161 Å². The summed E-state index contributed by atoms with van der Waals surface area (Å²) < 4.78 is 7.85. The van der Waals surface area contributed by atoms with E-state index in [0.717, 1.165) is 10.0 Å². The summed E-state index contributed by atoms with van der Waals surface area (Å²) in [5.74, 6) is 1.45. The van der Waals surface area contributed by atoms with E-state index >= 15 is 0 Å². The third kappa shape index (κ3) is 3.30. The highest BCUT2D eigenvalue weighted by atomic mass is 79.9. The fourth-order valence-electron chi connectivity index (χ4n) is 2.48. The van der Waals surface area contributed by atoms with Gasteiger partial charge < -0.3 is 4.52 Å². The Morgan fingerprint density at radius 3 is 2.69 bits per heavy atom. The number of rotatable bonds is 4. The predicted molar refractivity (Wildman–Crippen MR) is 104 cm³/mol. The number of aromatic nitrogens is 4. The fourth-order valence-corrected chi connectivity index (χ4v) is 3.56. The van der Waals surface area contributed by atoms with Gasteiger partial charge in [-0.3, -0.25) is 9.36 Å². The van der Waals surface area contributed by atoms with Crippen molar-refractivity contribution < 1.29 is 4.52 Å². The number of para-hydroxylation sites is 1. The van der Waals surface area contributed by atoms with E-state index in [2.05, 4.69) is 31.1 Å². The lowest BCUT2D eigenvalue weighted by atomic mass is 10.2. The molecule has 8 heteroatoms. The number of halogens is 1. The van der Waals surface area contributed by atoms with Gasteiger partial charge in [0.05, 0.1) is 16.7 Å². The molecule has 4 rings (SSSR count). The molecular formula is C18H13BrN4O2S. The van der Waals surface area contributed by atoms with Gasteiger partial charge in [-0.15, -0.1) is 0 Å². The maximum Gasteiger partial charge on any atom is 0.261 e. The van der Waals surface area contributed by atoms with Crippen molar-refractivity contribution in [2.45, 2.75) is 10.9 Å². The molecule has 0 atom stereocenters. The van der Waals surface area contributed by atoms with Gasteiger partial charge in [0.25, 0.3) is 5.56 Å². The van der Waals surface area contributed by atoms with E-state index in [1.807, 2.05) is 42.5 Å². The lowest BCUT2D eigenvalue weighted by Crippen LogP contribution is -2.19. The highest BCUT2D eigenvalue weighted by Crippen LogP contribution is 2.23. The van der Waals surface area contributed by atoms with E-state index in [1.54, 1.807) is 17.7 Å². The van der Waals surface area contributed by atoms with Gasteiger partial charge in [-0.25, -0.2) is 4.98 Å². The van der Waals surface area contributed by atoms with Crippen molar-refractivity contribution in [2.24, 2.45) is 7.05 Å². The molecule has 0 radical (unpaired) electrons. The molecule has 0 saturated heterocycles. The fraction of sp³-hybridized carbons (Fsp3) is 0.111. The predicted octanol–water partition coefficient (Wildman–Crippen LogP) is 4.04. The topological polar surface area (TPSA) is 73.8 Å². The second-order valence-electron chi connectivity index (χ2n) is 5.58. The van der Waals surface area contributed by atoms with Gasteiger partial charge in [0.2, 0.25) is 11.7 Å². The van der Waals surface area contributed by atoms with Crippen LogP contribution in [0.5, 0.6) is 0 Å². The molecule has 0 spiro atoms. The minimum Gasteiger partial charge on any atom is -0.338 e. The smallest absolute Gasteiger partial charge is 0.261 e. The maximum absolute atomic E-state index is 12.4. The lowest BCUT2D eigenvalue weighted by Gasteiger charge is -2.07. The van der Waals surface area contributed by atoms with Crippen LogP contribution in [0.1, 0.15) is 5.89 Å². The molecule has 2 aromatic heterocycles. The molecule has 0 aliphatic heterocycles. The van der Waals surface area contributed by atoms with Crippen LogP contribution in [-0.2, 0) is 12.8 Å². The first-order chi connectivity index (χ1) is 12.6. The Kier molecular flexibility index (Phi) is 4.60. The van der Waals surface area contributed by atoms with Crippen LogP contribution in [0.15, 0.2) is 67.5 Å². The molecule has 0 N–H and O–H groups in total. The van der Waals surface area contributed by atoms with E-state index in [0.29, 0.717) is 33.5 Å². The van der Waals surface area contributed by atoms with E-state index in [9.17, 15) is 4.79 Å². The minimum atomic E-state index is -0.0702. The van der Waals surface area contributed by atoms with Crippen molar-refractivity contribution in [3.8, 4) is 11.4 Å². The quantitative estimate of drug-likeness (QED) is 0.360. The Morgan fingerprint density at radius 1 is 1.12 bits per heavy atom. The van der Waals surface area contributed by atoms with E-state index in [4.69, 9.17) is 4.52 Å². The molecular weight excluding hydrogens is 416 g/mol. The molecule has 0 unspecified atom stereocenters. The molecule has 4 aromatic rings. The molecule has 26 heavy (non-hydrogen) atoms. The molecule has 2 heterocycles. The van der Waals surface area contributed by atoms with Crippen LogP contribution in [0.3, 0.4) is 0 Å². The summed E-state index contributed by atoms with van der Waals surface area (Å²) in [6.45, 7) is 0. The first-order valence-corrected chi connectivity index (χ1v) is 9.57. The summed E-state index contributed by atoms with van der Waals surface area (Å²) >= 11 is 4.79. The molecule has 130 valence electrons. The Hall–Kier alpha value is -2.45. The van der Waals surface area contributed by atoms with Crippen molar-refractivity contribution in [3.05, 3.63) is 69.2 Å². The Morgan fingerprint density at radius 2 is 1.88 bits per heavy atom. The minimum absolute atomic E-state index is 0.0702. The maximum atomic E-state index is 12.4. The van der Waals surface area contributed by atoms with Crippen LogP contribution in [0.2, 0.25) is 0 Å². The van der Waals surface area contributed by atoms with Crippen molar-refractivity contribution in [1.82, 2.24) is 19.7 Å².